The summed E-state index contributed by atoms with van der Waals surface area (Å²) in [6.07, 6.45) is -3.68. The summed E-state index contributed by atoms with van der Waals surface area (Å²) in [6, 6.07) is 3.97. The number of ether oxygens (including phenoxy) is 1. The second-order valence-electron chi connectivity index (χ2n) is 4.48. The summed E-state index contributed by atoms with van der Waals surface area (Å²) >= 11 is 3.04. The smallest absolute Gasteiger partial charge is 0.382 e. The van der Waals surface area contributed by atoms with Crippen molar-refractivity contribution in [1.82, 2.24) is 5.32 Å². The van der Waals surface area contributed by atoms with Crippen LogP contribution < -0.4 is 11.1 Å². The SMILES string of the molecule is CCOCCCNC(N)=NCc1ccc(Br)cc1C(F)(F)F.I. The molecule has 3 N–H and O–H groups in total. The molecule has 0 fully saturated rings. The fourth-order valence-electron chi connectivity index (χ4n) is 1.71. The lowest BCUT2D eigenvalue weighted by Gasteiger charge is -2.12. The van der Waals surface area contributed by atoms with Crippen molar-refractivity contribution in [2.75, 3.05) is 19.8 Å². The van der Waals surface area contributed by atoms with Gasteiger partial charge in [-0.25, -0.2) is 4.99 Å². The summed E-state index contributed by atoms with van der Waals surface area (Å²) in [5.74, 6) is 0.118. The number of nitrogens with zero attached hydrogens (tertiary/aromatic N) is 1. The van der Waals surface area contributed by atoms with E-state index in [0.717, 1.165) is 12.5 Å². The van der Waals surface area contributed by atoms with Gasteiger partial charge in [-0.05, 0) is 31.0 Å². The van der Waals surface area contributed by atoms with Gasteiger partial charge in [0.2, 0.25) is 0 Å². The molecule has 0 aliphatic carbocycles. The second-order valence-corrected chi connectivity index (χ2v) is 5.39. The zero-order valence-corrected chi connectivity index (χ0v) is 16.5. The van der Waals surface area contributed by atoms with Crippen molar-refractivity contribution in [3.8, 4) is 0 Å². The van der Waals surface area contributed by atoms with Gasteiger partial charge in [-0.15, -0.1) is 24.0 Å². The third-order valence-corrected chi connectivity index (χ3v) is 3.27. The highest BCUT2D eigenvalue weighted by Crippen LogP contribution is 2.34. The van der Waals surface area contributed by atoms with Crippen molar-refractivity contribution in [3.05, 3.63) is 33.8 Å². The van der Waals surface area contributed by atoms with Gasteiger partial charge in [-0.2, -0.15) is 13.2 Å². The lowest BCUT2D eigenvalue weighted by Crippen LogP contribution is -2.33. The van der Waals surface area contributed by atoms with E-state index < -0.39 is 11.7 Å². The Kier molecular flexibility index (Phi) is 10.8. The normalized spacial score (nSPS) is 12.0. The molecule has 1 rings (SSSR count). The number of rotatable bonds is 7. The van der Waals surface area contributed by atoms with E-state index in [1.807, 2.05) is 6.92 Å². The fourth-order valence-corrected chi connectivity index (χ4v) is 2.07. The molecule has 0 amide bonds. The number of hydrogen-bond donors (Lipinski definition) is 2. The highest BCUT2D eigenvalue weighted by atomic mass is 127. The standard InChI is InChI=1S/C14H19BrF3N3O.HI/c1-2-22-7-3-6-20-13(19)21-9-10-4-5-11(15)8-12(10)14(16,17)18;/h4-5,8H,2-3,6-7,9H2,1H3,(H3,19,20,21);1H. The largest absolute Gasteiger partial charge is 0.416 e. The van der Waals surface area contributed by atoms with Crippen LogP contribution in [0, 0.1) is 0 Å². The Bertz CT molecular complexity index is 513. The quantitative estimate of drug-likeness (QED) is 0.253. The van der Waals surface area contributed by atoms with Crippen molar-refractivity contribution in [2.45, 2.75) is 26.1 Å². The topological polar surface area (TPSA) is 59.6 Å². The molecule has 0 aromatic heterocycles. The van der Waals surface area contributed by atoms with Crippen molar-refractivity contribution < 1.29 is 17.9 Å². The van der Waals surface area contributed by atoms with Gasteiger partial charge < -0.3 is 15.8 Å². The van der Waals surface area contributed by atoms with Crippen molar-refractivity contribution in [2.24, 2.45) is 10.7 Å². The Morgan fingerprint density at radius 1 is 1.39 bits per heavy atom. The molecule has 1 aromatic carbocycles. The zero-order chi connectivity index (χ0) is 16.6. The van der Waals surface area contributed by atoms with Gasteiger partial charge in [-0.3, -0.25) is 0 Å². The van der Waals surface area contributed by atoms with Gasteiger partial charge in [0.1, 0.15) is 0 Å². The van der Waals surface area contributed by atoms with Gasteiger partial charge in [0.05, 0.1) is 12.1 Å². The summed E-state index contributed by atoms with van der Waals surface area (Å²) < 4.78 is 44.4. The van der Waals surface area contributed by atoms with Crippen LogP contribution in [0.4, 0.5) is 13.2 Å². The Labute approximate surface area is 159 Å². The van der Waals surface area contributed by atoms with Gasteiger partial charge in [0, 0.05) is 24.2 Å². The molecule has 0 saturated heterocycles. The number of nitrogens with two attached hydrogens (primary N) is 1. The minimum absolute atomic E-state index is 0. The highest BCUT2D eigenvalue weighted by molar-refractivity contribution is 14.0. The average Bonchev–Trinajstić information content (AvgIpc) is 2.44. The maximum atomic E-state index is 12.9. The lowest BCUT2D eigenvalue weighted by molar-refractivity contribution is -0.138. The monoisotopic (exact) mass is 509 g/mol. The molecule has 132 valence electrons. The first-order valence-corrected chi connectivity index (χ1v) is 7.61. The molecule has 0 aliphatic rings. The summed E-state index contributed by atoms with van der Waals surface area (Å²) in [6.45, 7) is 3.57. The number of halogens is 5. The summed E-state index contributed by atoms with van der Waals surface area (Å²) in [5.41, 5.74) is 5.00. The average molecular weight is 510 g/mol. The fraction of sp³-hybridized carbons (Fsp3) is 0.500. The molecular weight excluding hydrogens is 490 g/mol. The number of aliphatic imine (C=N–C) groups is 1. The predicted octanol–water partition coefficient (Wildman–Crippen LogP) is 3.92. The first-order chi connectivity index (χ1) is 10.3. The molecule has 23 heavy (non-hydrogen) atoms. The van der Waals surface area contributed by atoms with E-state index in [2.05, 4.69) is 26.2 Å². The van der Waals surface area contributed by atoms with Crippen LogP contribution in [0.25, 0.3) is 0 Å². The van der Waals surface area contributed by atoms with Crippen molar-refractivity contribution in [1.29, 1.82) is 0 Å². The Morgan fingerprint density at radius 2 is 2.09 bits per heavy atom. The number of nitrogens with one attached hydrogen (secondary N) is 1. The molecule has 0 atom stereocenters. The zero-order valence-electron chi connectivity index (χ0n) is 12.6. The molecular formula is C14H20BrF3IN3O. The second kappa shape index (κ2) is 11.1. The highest BCUT2D eigenvalue weighted by Gasteiger charge is 2.33. The first kappa shape index (κ1) is 22.4. The molecule has 0 bridgehead atoms. The molecule has 0 heterocycles. The third kappa shape index (κ3) is 8.75. The van der Waals surface area contributed by atoms with E-state index in [1.54, 1.807) is 6.07 Å². The van der Waals surface area contributed by atoms with Gasteiger partial charge in [0.15, 0.2) is 5.96 Å². The first-order valence-electron chi connectivity index (χ1n) is 6.81. The maximum absolute atomic E-state index is 12.9. The molecule has 4 nitrogen and oxygen atoms in total. The van der Waals surface area contributed by atoms with Crippen LogP contribution in [0.15, 0.2) is 27.7 Å². The number of benzene rings is 1. The van der Waals surface area contributed by atoms with Gasteiger partial charge in [0.25, 0.3) is 0 Å². The Hall–Kier alpha value is -0.550. The molecule has 0 spiro atoms. The van der Waals surface area contributed by atoms with Gasteiger partial charge >= 0.3 is 6.18 Å². The van der Waals surface area contributed by atoms with Crippen LogP contribution in [0.2, 0.25) is 0 Å². The van der Waals surface area contributed by atoms with Crippen LogP contribution in [-0.2, 0) is 17.5 Å². The van der Waals surface area contributed by atoms with Crippen LogP contribution in [0.3, 0.4) is 0 Å². The molecule has 0 radical (unpaired) electrons. The van der Waals surface area contributed by atoms with Crippen LogP contribution in [0.1, 0.15) is 24.5 Å². The number of alkyl halides is 3. The van der Waals surface area contributed by atoms with Crippen LogP contribution in [-0.4, -0.2) is 25.7 Å². The van der Waals surface area contributed by atoms with E-state index in [4.69, 9.17) is 10.5 Å². The number of hydrogen-bond acceptors (Lipinski definition) is 2. The van der Waals surface area contributed by atoms with Crippen LogP contribution in [0.5, 0.6) is 0 Å². The molecule has 0 saturated carbocycles. The van der Waals surface area contributed by atoms with E-state index in [1.165, 1.54) is 6.07 Å². The van der Waals surface area contributed by atoms with Gasteiger partial charge in [-0.1, -0.05) is 22.0 Å². The molecule has 0 unspecified atom stereocenters. The molecule has 1 aromatic rings. The Balaban J connectivity index is 0.00000484. The third-order valence-electron chi connectivity index (χ3n) is 2.77. The Morgan fingerprint density at radius 3 is 2.70 bits per heavy atom. The van der Waals surface area contributed by atoms with Crippen LogP contribution >= 0.6 is 39.9 Å². The summed E-state index contributed by atoms with van der Waals surface area (Å²) in [4.78, 5) is 3.94. The van der Waals surface area contributed by atoms with Crippen molar-refractivity contribution in [3.63, 3.8) is 0 Å². The van der Waals surface area contributed by atoms with E-state index >= 15 is 0 Å². The van der Waals surface area contributed by atoms with E-state index in [9.17, 15) is 13.2 Å². The molecule has 0 aliphatic heterocycles. The summed E-state index contributed by atoms with van der Waals surface area (Å²) in [7, 11) is 0. The predicted molar refractivity (Wildman–Crippen MR) is 99.0 cm³/mol. The lowest BCUT2D eigenvalue weighted by atomic mass is 10.1. The molecule has 9 heteroatoms. The minimum Gasteiger partial charge on any atom is -0.382 e. The van der Waals surface area contributed by atoms with E-state index in [0.29, 0.717) is 24.2 Å². The van der Waals surface area contributed by atoms with Crippen molar-refractivity contribution >= 4 is 45.9 Å². The summed E-state index contributed by atoms with van der Waals surface area (Å²) in [5, 5.41) is 2.84. The number of guanidine groups is 1. The minimum atomic E-state index is -4.42. The maximum Gasteiger partial charge on any atom is 0.416 e. The van der Waals surface area contributed by atoms with E-state index in [-0.39, 0.29) is 42.0 Å².